The lowest BCUT2D eigenvalue weighted by molar-refractivity contribution is 0.229. The van der Waals surface area contributed by atoms with Crippen LogP contribution in [-0.2, 0) is 0 Å². The summed E-state index contributed by atoms with van der Waals surface area (Å²) >= 11 is 0. The van der Waals surface area contributed by atoms with Crippen molar-refractivity contribution in [1.82, 2.24) is 10.3 Å². The zero-order valence-corrected chi connectivity index (χ0v) is 8.16. The zero-order valence-electron chi connectivity index (χ0n) is 8.16. The summed E-state index contributed by atoms with van der Waals surface area (Å²) in [5, 5.41) is 0. The van der Waals surface area contributed by atoms with Gasteiger partial charge in [-0.2, -0.15) is 0 Å². The number of fused-ring (bicyclic) bond motifs is 2. The first-order valence-electron chi connectivity index (χ1n) is 5.08. The molecule has 3 N–H and O–H groups in total. The van der Waals surface area contributed by atoms with E-state index in [0.29, 0.717) is 12.1 Å². The Morgan fingerprint density at radius 3 is 2.38 bits per heavy atom. The third kappa shape index (κ3) is 1.39. The molecule has 74 valence electrons. The molecule has 2 heterocycles. The highest BCUT2D eigenvalue weighted by atomic mass is 15.4. The Morgan fingerprint density at radius 2 is 1.92 bits per heavy atom. The molecule has 2 rings (SSSR count). The van der Waals surface area contributed by atoms with Crippen molar-refractivity contribution < 1.29 is 0 Å². The summed E-state index contributed by atoms with van der Waals surface area (Å²) in [6.07, 6.45) is 6.60. The number of aliphatic imine (C=N–C) groups is 1. The molecule has 0 radical (unpaired) electrons. The van der Waals surface area contributed by atoms with Gasteiger partial charge in [0, 0.05) is 19.1 Å². The molecule has 0 aromatic heterocycles. The highest BCUT2D eigenvalue weighted by Crippen LogP contribution is 2.35. The van der Waals surface area contributed by atoms with E-state index in [4.69, 9.17) is 5.84 Å². The second-order valence-electron chi connectivity index (χ2n) is 3.91. The second kappa shape index (κ2) is 3.54. The van der Waals surface area contributed by atoms with Gasteiger partial charge in [0.05, 0.1) is 0 Å². The number of hydrazine groups is 1. The number of hydrogen-bond donors (Lipinski definition) is 2. The largest absolute Gasteiger partial charge is 0.336 e. The maximum absolute atomic E-state index is 5.44. The second-order valence-corrected chi connectivity index (χ2v) is 3.91. The summed E-state index contributed by atoms with van der Waals surface area (Å²) in [5.41, 5.74) is 2.70. The van der Waals surface area contributed by atoms with Crippen LogP contribution in [0.4, 0.5) is 0 Å². The summed E-state index contributed by atoms with van der Waals surface area (Å²) in [6.45, 7) is 0. The fraction of sp³-hybridized carbons (Fsp3) is 0.889. The fourth-order valence-corrected chi connectivity index (χ4v) is 2.72. The Bertz CT molecular complexity index is 198. The van der Waals surface area contributed by atoms with Crippen molar-refractivity contribution in [2.24, 2.45) is 10.8 Å². The average molecular weight is 182 g/mol. The molecular weight excluding hydrogens is 164 g/mol. The summed E-state index contributed by atoms with van der Waals surface area (Å²) < 4.78 is 0. The van der Waals surface area contributed by atoms with Crippen LogP contribution in [0, 0.1) is 0 Å². The van der Waals surface area contributed by atoms with E-state index in [0.717, 1.165) is 5.96 Å². The van der Waals surface area contributed by atoms with Crippen molar-refractivity contribution in [3.05, 3.63) is 0 Å². The van der Waals surface area contributed by atoms with Gasteiger partial charge in [-0.05, 0) is 32.1 Å². The molecule has 0 saturated carbocycles. The number of hydrogen-bond acceptors (Lipinski definition) is 2. The molecule has 2 bridgehead atoms. The molecule has 2 aliphatic heterocycles. The molecular formula is C9H18N4. The molecule has 2 atom stereocenters. The first-order valence-corrected chi connectivity index (χ1v) is 5.08. The van der Waals surface area contributed by atoms with Crippen LogP contribution < -0.4 is 11.3 Å². The van der Waals surface area contributed by atoms with E-state index >= 15 is 0 Å². The van der Waals surface area contributed by atoms with Gasteiger partial charge in [-0.3, -0.25) is 10.4 Å². The maximum Gasteiger partial charge on any atom is 0.208 e. The van der Waals surface area contributed by atoms with E-state index in [9.17, 15) is 0 Å². The van der Waals surface area contributed by atoms with E-state index in [1.807, 2.05) is 0 Å². The van der Waals surface area contributed by atoms with Gasteiger partial charge in [0.1, 0.15) is 0 Å². The van der Waals surface area contributed by atoms with Crippen LogP contribution >= 0.6 is 0 Å². The minimum Gasteiger partial charge on any atom is -0.336 e. The Morgan fingerprint density at radius 1 is 1.31 bits per heavy atom. The van der Waals surface area contributed by atoms with Gasteiger partial charge < -0.3 is 4.90 Å². The maximum atomic E-state index is 5.44. The van der Waals surface area contributed by atoms with Crippen molar-refractivity contribution in [3.8, 4) is 0 Å². The third-order valence-electron chi connectivity index (χ3n) is 3.28. The van der Waals surface area contributed by atoms with Crippen LogP contribution in [0.15, 0.2) is 4.99 Å². The molecule has 13 heavy (non-hydrogen) atoms. The minimum absolute atomic E-state index is 0.688. The van der Waals surface area contributed by atoms with Crippen LogP contribution in [0.1, 0.15) is 32.1 Å². The molecule has 0 aliphatic carbocycles. The SMILES string of the molecule is CN=C(NN)N1C2CCCC1CC2. The Labute approximate surface area is 79.2 Å². The highest BCUT2D eigenvalue weighted by molar-refractivity contribution is 5.80. The quantitative estimate of drug-likeness (QED) is 0.247. The number of nitrogens with zero attached hydrogens (tertiary/aromatic N) is 2. The number of piperidine rings is 1. The zero-order chi connectivity index (χ0) is 9.26. The molecule has 4 nitrogen and oxygen atoms in total. The Hall–Kier alpha value is -0.770. The van der Waals surface area contributed by atoms with Crippen LogP contribution in [0.25, 0.3) is 0 Å². The molecule has 0 spiro atoms. The van der Waals surface area contributed by atoms with E-state index in [1.54, 1.807) is 7.05 Å². The molecule has 0 amide bonds. The van der Waals surface area contributed by atoms with E-state index in [-0.39, 0.29) is 0 Å². The van der Waals surface area contributed by atoms with Crippen molar-refractivity contribution in [3.63, 3.8) is 0 Å². The van der Waals surface area contributed by atoms with Gasteiger partial charge in [0.25, 0.3) is 0 Å². The number of guanidine groups is 1. The lowest BCUT2D eigenvalue weighted by Crippen LogP contribution is -2.52. The molecule has 2 fully saturated rings. The van der Waals surface area contributed by atoms with Gasteiger partial charge in [-0.25, -0.2) is 5.84 Å². The molecule has 0 aromatic rings. The van der Waals surface area contributed by atoms with Crippen LogP contribution in [0.3, 0.4) is 0 Å². The third-order valence-corrected chi connectivity index (χ3v) is 3.28. The van der Waals surface area contributed by atoms with Gasteiger partial charge in [0.15, 0.2) is 0 Å². The normalized spacial score (nSPS) is 33.7. The predicted molar refractivity (Wildman–Crippen MR) is 53.2 cm³/mol. The first-order chi connectivity index (χ1) is 6.36. The molecule has 4 heteroatoms. The standard InChI is InChI=1S/C9H18N4/c1-11-9(12-10)13-7-3-2-4-8(13)6-5-7/h7-8H,2-6,10H2,1H3,(H,11,12). The summed E-state index contributed by atoms with van der Waals surface area (Å²) in [7, 11) is 1.79. The van der Waals surface area contributed by atoms with E-state index in [1.165, 1.54) is 32.1 Å². The van der Waals surface area contributed by atoms with Crippen molar-refractivity contribution in [1.29, 1.82) is 0 Å². The van der Waals surface area contributed by atoms with Crippen LogP contribution in [0.2, 0.25) is 0 Å². The van der Waals surface area contributed by atoms with Crippen LogP contribution in [0.5, 0.6) is 0 Å². The fourth-order valence-electron chi connectivity index (χ4n) is 2.72. The molecule has 2 saturated heterocycles. The number of nitrogens with two attached hydrogens (primary N) is 1. The summed E-state index contributed by atoms with van der Waals surface area (Å²) in [6, 6.07) is 1.38. The summed E-state index contributed by atoms with van der Waals surface area (Å²) in [5.74, 6) is 6.31. The van der Waals surface area contributed by atoms with Gasteiger partial charge in [-0.15, -0.1) is 0 Å². The predicted octanol–water partition coefficient (Wildman–Crippen LogP) is 0.452. The van der Waals surface area contributed by atoms with E-state index in [2.05, 4.69) is 15.3 Å². The first kappa shape index (κ1) is 8.81. The monoisotopic (exact) mass is 182 g/mol. The van der Waals surface area contributed by atoms with Gasteiger partial charge in [0.2, 0.25) is 5.96 Å². The number of rotatable bonds is 0. The van der Waals surface area contributed by atoms with E-state index < -0.39 is 0 Å². The van der Waals surface area contributed by atoms with Crippen LogP contribution in [-0.4, -0.2) is 30.0 Å². The van der Waals surface area contributed by atoms with Crippen molar-refractivity contribution in [2.45, 2.75) is 44.2 Å². The number of nitrogens with one attached hydrogen (secondary N) is 1. The highest BCUT2D eigenvalue weighted by Gasteiger charge is 2.37. The summed E-state index contributed by atoms with van der Waals surface area (Å²) in [4.78, 5) is 6.56. The lowest BCUT2D eigenvalue weighted by Gasteiger charge is -2.36. The average Bonchev–Trinajstić information content (AvgIpc) is 2.42. The minimum atomic E-state index is 0.688. The molecule has 2 unspecified atom stereocenters. The molecule has 2 aliphatic rings. The van der Waals surface area contributed by atoms with Crippen molar-refractivity contribution in [2.75, 3.05) is 7.05 Å². The lowest BCUT2D eigenvalue weighted by atomic mass is 10.0. The Balaban J connectivity index is 2.14. The van der Waals surface area contributed by atoms with Gasteiger partial charge >= 0.3 is 0 Å². The van der Waals surface area contributed by atoms with Gasteiger partial charge in [-0.1, -0.05) is 0 Å². The Kier molecular flexibility index (Phi) is 2.40. The van der Waals surface area contributed by atoms with Crippen molar-refractivity contribution >= 4 is 5.96 Å². The topological polar surface area (TPSA) is 53.6 Å². The molecule has 0 aromatic carbocycles. The smallest absolute Gasteiger partial charge is 0.208 e.